The molecule has 31 heavy (non-hydrogen) atoms. The molecule has 0 saturated carbocycles. The van der Waals surface area contributed by atoms with Crippen LogP contribution in [0, 0.1) is 10.8 Å². The Balaban J connectivity index is 1.76. The van der Waals surface area contributed by atoms with Gasteiger partial charge in [0.05, 0.1) is 0 Å². The lowest BCUT2D eigenvalue weighted by Gasteiger charge is -2.17. The van der Waals surface area contributed by atoms with Crippen LogP contribution in [-0.4, -0.2) is 24.1 Å². The first-order valence-corrected chi connectivity index (χ1v) is 10.7. The average molecular weight is 423 g/mol. The lowest BCUT2D eigenvalue weighted by Crippen LogP contribution is -2.36. The van der Waals surface area contributed by atoms with Crippen LogP contribution in [0.15, 0.2) is 48.5 Å². The molecule has 5 heteroatoms. The number of amides is 2. The number of Topliss-reactive ketones (excluding diaryl/α,β-unsaturated/α-hetero) is 2. The molecule has 0 atom stereocenters. The van der Waals surface area contributed by atoms with Crippen LogP contribution in [0.25, 0.3) is 0 Å². The van der Waals surface area contributed by atoms with Crippen molar-refractivity contribution in [2.24, 2.45) is 10.8 Å². The number of urea groups is 1. The Hall–Kier alpha value is -2.95. The van der Waals surface area contributed by atoms with E-state index in [9.17, 15) is 14.4 Å². The van der Waals surface area contributed by atoms with E-state index in [4.69, 9.17) is 0 Å². The van der Waals surface area contributed by atoms with E-state index in [1.165, 1.54) is 0 Å². The van der Waals surface area contributed by atoms with Gasteiger partial charge < -0.3 is 10.6 Å². The molecule has 0 bridgehead atoms. The fourth-order valence-corrected chi connectivity index (χ4v) is 3.03. The van der Waals surface area contributed by atoms with Crippen LogP contribution in [0.4, 0.5) is 4.79 Å². The minimum atomic E-state index is -0.415. The largest absolute Gasteiger partial charge is 0.338 e. The Kier molecular flexibility index (Phi) is 7.77. The van der Waals surface area contributed by atoms with E-state index in [0.717, 1.165) is 11.1 Å². The van der Waals surface area contributed by atoms with Crippen LogP contribution in [0.1, 0.15) is 73.4 Å². The Morgan fingerprint density at radius 2 is 1.06 bits per heavy atom. The van der Waals surface area contributed by atoms with Crippen molar-refractivity contribution in [1.82, 2.24) is 10.6 Å². The van der Waals surface area contributed by atoms with Gasteiger partial charge >= 0.3 is 6.03 Å². The Bertz CT molecular complexity index is 915. The van der Waals surface area contributed by atoms with Crippen molar-refractivity contribution in [3.63, 3.8) is 0 Å². The van der Waals surface area contributed by atoms with Crippen molar-refractivity contribution >= 4 is 17.6 Å². The summed E-state index contributed by atoms with van der Waals surface area (Å²) in [5.74, 6) is 0.216. The number of carbonyl (C=O) groups excluding carboxylic acids is 3. The van der Waals surface area contributed by atoms with Crippen LogP contribution >= 0.6 is 0 Å². The first-order valence-electron chi connectivity index (χ1n) is 10.7. The number of rotatable bonds is 7. The van der Waals surface area contributed by atoms with E-state index in [1.54, 1.807) is 12.1 Å². The van der Waals surface area contributed by atoms with Crippen molar-refractivity contribution < 1.29 is 14.4 Å². The van der Waals surface area contributed by atoms with Gasteiger partial charge in [0.15, 0.2) is 11.6 Å². The predicted molar refractivity (Wildman–Crippen MR) is 124 cm³/mol. The van der Waals surface area contributed by atoms with E-state index >= 15 is 0 Å². The summed E-state index contributed by atoms with van der Waals surface area (Å²) in [6.07, 6.45) is 0.682. The van der Waals surface area contributed by atoms with E-state index in [-0.39, 0.29) is 17.6 Å². The molecule has 0 aromatic heterocycles. The first-order chi connectivity index (χ1) is 14.4. The lowest BCUT2D eigenvalue weighted by atomic mass is 9.86. The number of hydrogen-bond donors (Lipinski definition) is 2. The highest BCUT2D eigenvalue weighted by Gasteiger charge is 2.23. The highest BCUT2D eigenvalue weighted by atomic mass is 16.2. The van der Waals surface area contributed by atoms with Gasteiger partial charge in [-0.05, 0) is 17.5 Å². The van der Waals surface area contributed by atoms with Crippen LogP contribution in [0.2, 0.25) is 0 Å². The van der Waals surface area contributed by atoms with Gasteiger partial charge in [0.2, 0.25) is 0 Å². The van der Waals surface area contributed by atoms with Crippen LogP contribution < -0.4 is 10.6 Å². The smallest absolute Gasteiger partial charge is 0.315 e. The minimum absolute atomic E-state index is 0.0977. The Labute approximate surface area is 185 Å². The molecule has 2 rings (SSSR count). The second kappa shape index (κ2) is 9.90. The quantitative estimate of drug-likeness (QED) is 0.603. The summed E-state index contributed by atoms with van der Waals surface area (Å²) in [6.45, 7) is 12.3. The number of nitrogens with one attached hydrogen (secondary N) is 2. The maximum Gasteiger partial charge on any atom is 0.315 e. The summed E-state index contributed by atoms with van der Waals surface area (Å²) in [5, 5.41) is 5.67. The summed E-state index contributed by atoms with van der Waals surface area (Å²) in [6, 6.07) is 14.6. The molecule has 0 heterocycles. The van der Waals surface area contributed by atoms with Gasteiger partial charge in [0.25, 0.3) is 0 Å². The van der Waals surface area contributed by atoms with E-state index in [0.29, 0.717) is 30.6 Å². The Morgan fingerprint density at radius 1 is 0.645 bits per heavy atom. The third-order valence-corrected chi connectivity index (χ3v) is 4.95. The number of benzene rings is 2. The average Bonchev–Trinajstić information content (AvgIpc) is 2.71. The standard InChI is InChI=1S/C26H34N2O3/c1-25(2,3)22(29)20-11-7-18(8-12-20)15-16-27-24(31)28-17-19-9-13-21(14-10-19)23(30)26(4,5)6/h7-14H,15-17H2,1-6H3,(H2,27,28,31). The van der Waals surface area contributed by atoms with Gasteiger partial charge in [-0.1, -0.05) is 90.1 Å². The molecule has 0 radical (unpaired) electrons. The molecule has 0 aliphatic carbocycles. The van der Waals surface area contributed by atoms with Crippen LogP contribution in [-0.2, 0) is 13.0 Å². The van der Waals surface area contributed by atoms with Crippen LogP contribution in [0.5, 0.6) is 0 Å². The van der Waals surface area contributed by atoms with Gasteiger partial charge in [0, 0.05) is 35.0 Å². The molecule has 2 aromatic rings. The lowest BCUT2D eigenvalue weighted by molar-refractivity contribution is 0.0852. The predicted octanol–water partition coefficient (Wildman–Crippen LogP) is 5.19. The molecule has 0 aliphatic heterocycles. The second-order valence-electron chi connectivity index (χ2n) is 9.91. The van der Waals surface area contributed by atoms with Crippen molar-refractivity contribution in [2.75, 3.05) is 6.54 Å². The molecule has 0 spiro atoms. The van der Waals surface area contributed by atoms with Crippen molar-refractivity contribution in [2.45, 2.75) is 54.5 Å². The first kappa shape index (κ1) is 24.3. The molecule has 2 aromatic carbocycles. The second-order valence-corrected chi connectivity index (χ2v) is 9.91. The van der Waals surface area contributed by atoms with Gasteiger partial charge in [-0.2, -0.15) is 0 Å². The maximum absolute atomic E-state index is 12.3. The molecule has 166 valence electrons. The van der Waals surface area contributed by atoms with E-state index in [1.807, 2.05) is 77.9 Å². The van der Waals surface area contributed by atoms with E-state index in [2.05, 4.69) is 10.6 Å². The third-order valence-electron chi connectivity index (χ3n) is 4.95. The number of ketones is 2. The normalized spacial score (nSPS) is 11.7. The van der Waals surface area contributed by atoms with Gasteiger partial charge in [-0.25, -0.2) is 4.79 Å². The van der Waals surface area contributed by atoms with Gasteiger partial charge in [-0.3, -0.25) is 9.59 Å². The zero-order valence-corrected chi connectivity index (χ0v) is 19.5. The molecular formula is C26H34N2O3. The SMILES string of the molecule is CC(C)(C)C(=O)c1ccc(CCNC(=O)NCc2ccc(C(=O)C(C)(C)C)cc2)cc1. The van der Waals surface area contributed by atoms with Gasteiger partial charge in [-0.15, -0.1) is 0 Å². The Morgan fingerprint density at radius 3 is 1.48 bits per heavy atom. The summed E-state index contributed by atoms with van der Waals surface area (Å²) in [5.41, 5.74) is 2.56. The van der Waals surface area contributed by atoms with Gasteiger partial charge in [0.1, 0.15) is 0 Å². The number of hydrogen-bond acceptors (Lipinski definition) is 3. The maximum atomic E-state index is 12.3. The molecule has 0 aliphatic rings. The molecule has 5 nitrogen and oxygen atoms in total. The molecular weight excluding hydrogens is 388 g/mol. The van der Waals surface area contributed by atoms with Crippen molar-refractivity contribution in [3.05, 3.63) is 70.8 Å². The van der Waals surface area contributed by atoms with Crippen LogP contribution in [0.3, 0.4) is 0 Å². The zero-order valence-electron chi connectivity index (χ0n) is 19.5. The minimum Gasteiger partial charge on any atom is -0.338 e. The highest BCUT2D eigenvalue weighted by Crippen LogP contribution is 2.22. The molecule has 2 amide bonds. The zero-order chi connectivity index (χ0) is 23.2. The molecule has 0 saturated heterocycles. The monoisotopic (exact) mass is 422 g/mol. The topological polar surface area (TPSA) is 75.3 Å². The summed E-state index contributed by atoms with van der Waals surface area (Å²) < 4.78 is 0. The fraction of sp³-hybridized carbons (Fsp3) is 0.423. The van der Waals surface area contributed by atoms with E-state index < -0.39 is 10.8 Å². The number of carbonyl (C=O) groups is 3. The molecule has 0 unspecified atom stereocenters. The summed E-state index contributed by atoms with van der Waals surface area (Å²) in [4.78, 5) is 36.6. The fourth-order valence-electron chi connectivity index (χ4n) is 3.03. The van der Waals surface area contributed by atoms with Crippen molar-refractivity contribution in [3.8, 4) is 0 Å². The van der Waals surface area contributed by atoms with Crippen molar-refractivity contribution in [1.29, 1.82) is 0 Å². The molecule has 0 fully saturated rings. The summed E-state index contributed by atoms with van der Waals surface area (Å²) in [7, 11) is 0. The molecule has 2 N–H and O–H groups in total. The summed E-state index contributed by atoms with van der Waals surface area (Å²) >= 11 is 0. The third kappa shape index (κ3) is 7.35. The highest BCUT2D eigenvalue weighted by molar-refractivity contribution is 6.00.